The van der Waals surface area contributed by atoms with E-state index < -0.39 is 23.3 Å². The summed E-state index contributed by atoms with van der Waals surface area (Å²) in [6, 6.07) is 11.6. The van der Waals surface area contributed by atoms with Crippen molar-refractivity contribution in [3.63, 3.8) is 0 Å². The molecule has 3 fully saturated rings. The number of amides is 4. The lowest BCUT2D eigenvalue weighted by Crippen LogP contribution is -2.58. The zero-order chi connectivity index (χ0) is 29.5. The van der Waals surface area contributed by atoms with Crippen molar-refractivity contribution in [3.8, 4) is 10.4 Å². The minimum absolute atomic E-state index is 0.158. The molecule has 3 aliphatic rings. The molecule has 0 aliphatic carbocycles. The first-order chi connectivity index (χ1) is 19.4. The molecule has 4 heterocycles. The highest BCUT2D eigenvalue weighted by Crippen LogP contribution is 2.42. The second-order valence-electron chi connectivity index (χ2n) is 12.0. The van der Waals surface area contributed by atoms with Gasteiger partial charge in [0.05, 0.1) is 5.56 Å². The number of thiophene rings is 1. The van der Waals surface area contributed by atoms with E-state index in [0.29, 0.717) is 56.0 Å². The van der Waals surface area contributed by atoms with Gasteiger partial charge in [0.25, 0.3) is 11.8 Å². The van der Waals surface area contributed by atoms with Gasteiger partial charge < -0.3 is 14.7 Å². The number of likely N-dealkylation sites (tertiary alicyclic amines) is 2. The average Bonchev–Trinajstić information content (AvgIpc) is 3.46. The van der Waals surface area contributed by atoms with E-state index in [0.717, 1.165) is 23.4 Å². The number of carbonyl (C=O) groups excluding carboxylic acids is 3. The van der Waals surface area contributed by atoms with E-state index >= 15 is 0 Å². The minimum Gasteiger partial charge on any atom is -0.465 e. The summed E-state index contributed by atoms with van der Waals surface area (Å²) in [5, 5.41) is 10.6. The van der Waals surface area contributed by atoms with Crippen molar-refractivity contribution in [1.29, 1.82) is 0 Å². The molecule has 11 heteroatoms. The number of rotatable bonds is 5. The van der Waals surface area contributed by atoms with E-state index in [1.54, 1.807) is 11.8 Å². The molecular formula is C30H38N4O6S. The van der Waals surface area contributed by atoms with Gasteiger partial charge in [0.1, 0.15) is 5.00 Å². The third-order valence-corrected chi connectivity index (χ3v) is 9.44. The summed E-state index contributed by atoms with van der Waals surface area (Å²) in [5.74, 6) is -0.427. The van der Waals surface area contributed by atoms with Crippen molar-refractivity contribution in [3.05, 3.63) is 42.0 Å². The molecule has 0 radical (unpaired) electrons. The molecule has 1 aromatic carbocycles. The van der Waals surface area contributed by atoms with Crippen LogP contribution in [-0.2, 0) is 9.53 Å². The lowest BCUT2D eigenvalue weighted by Gasteiger charge is -2.44. The molecule has 3 aliphatic heterocycles. The molecule has 1 unspecified atom stereocenters. The summed E-state index contributed by atoms with van der Waals surface area (Å²) in [6.45, 7) is 9.74. The maximum absolute atomic E-state index is 13.9. The maximum Gasteiger partial charge on any atom is 0.417 e. The van der Waals surface area contributed by atoms with Gasteiger partial charge in [-0.1, -0.05) is 30.3 Å². The van der Waals surface area contributed by atoms with Crippen LogP contribution in [-0.4, -0.2) is 93.7 Å². The third kappa shape index (κ3) is 5.44. The van der Waals surface area contributed by atoms with Gasteiger partial charge in [-0.2, -0.15) is 0 Å². The van der Waals surface area contributed by atoms with Crippen LogP contribution in [0.2, 0.25) is 0 Å². The third-order valence-electron chi connectivity index (χ3n) is 8.27. The Bertz CT molecular complexity index is 1330. The molecule has 4 amide bonds. The first-order valence-corrected chi connectivity index (χ1v) is 15.1. The molecule has 41 heavy (non-hydrogen) atoms. The van der Waals surface area contributed by atoms with E-state index in [9.17, 15) is 24.3 Å². The molecule has 10 nitrogen and oxygen atoms in total. The van der Waals surface area contributed by atoms with Crippen molar-refractivity contribution in [2.45, 2.75) is 70.6 Å². The Hall–Kier alpha value is -3.44. The van der Waals surface area contributed by atoms with E-state index in [-0.39, 0.29) is 17.9 Å². The fourth-order valence-corrected chi connectivity index (χ4v) is 7.56. The van der Waals surface area contributed by atoms with Crippen molar-refractivity contribution >= 4 is 40.3 Å². The van der Waals surface area contributed by atoms with Crippen LogP contribution in [0.25, 0.3) is 10.4 Å². The Balaban J connectivity index is 1.34. The summed E-state index contributed by atoms with van der Waals surface area (Å²) in [6.07, 6.45) is 1.05. The molecule has 1 atom stereocenters. The highest BCUT2D eigenvalue weighted by molar-refractivity contribution is 7.20. The van der Waals surface area contributed by atoms with Gasteiger partial charge in [-0.3, -0.25) is 19.4 Å². The highest BCUT2D eigenvalue weighted by atomic mass is 32.1. The quantitative estimate of drug-likeness (QED) is 0.520. The smallest absolute Gasteiger partial charge is 0.417 e. The number of imide groups is 1. The second kappa shape index (κ2) is 11.1. The number of ether oxygens (including phenoxy) is 1. The van der Waals surface area contributed by atoms with Crippen LogP contribution >= 0.6 is 11.3 Å². The molecule has 2 aromatic rings. The lowest BCUT2D eigenvalue weighted by atomic mass is 9.89. The number of nitrogens with zero attached hydrogens (tertiary/aromatic N) is 4. The van der Waals surface area contributed by atoms with Crippen molar-refractivity contribution in [1.82, 2.24) is 14.7 Å². The summed E-state index contributed by atoms with van der Waals surface area (Å²) in [7, 11) is 0. The van der Waals surface area contributed by atoms with Crippen molar-refractivity contribution in [2.75, 3.05) is 37.6 Å². The predicted octanol–water partition coefficient (Wildman–Crippen LogP) is 5.14. The van der Waals surface area contributed by atoms with E-state index in [2.05, 4.69) is 4.90 Å². The van der Waals surface area contributed by atoms with Crippen LogP contribution in [0.1, 0.15) is 63.7 Å². The molecule has 1 aromatic heterocycles. The number of piperidine rings is 2. The number of anilines is 1. The number of hydrogen-bond donors (Lipinski definition) is 1. The molecule has 220 valence electrons. The van der Waals surface area contributed by atoms with Crippen molar-refractivity contribution in [2.24, 2.45) is 0 Å². The van der Waals surface area contributed by atoms with Gasteiger partial charge in [0.15, 0.2) is 0 Å². The largest absolute Gasteiger partial charge is 0.465 e. The Labute approximate surface area is 244 Å². The van der Waals surface area contributed by atoms with E-state index in [1.165, 1.54) is 21.1 Å². The topological polar surface area (TPSA) is 111 Å². The fourth-order valence-electron chi connectivity index (χ4n) is 6.22. The molecule has 1 N–H and O–H groups in total. The Kier molecular flexibility index (Phi) is 7.86. The minimum atomic E-state index is -1.11. The molecule has 3 saturated heterocycles. The van der Waals surface area contributed by atoms with Gasteiger partial charge >= 0.3 is 12.2 Å². The standard InChI is InChI=1S/C30H38N4O6S/c1-5-33-26(36)30(40-28(33)39)14-9-15-32(19-30)21-12-16-31(17-13-21)24(35)22-18-23(20-10-7-6-8-11-20)41-25(22)34(27(37)38)29(2,3)4/h6-8,10-11,18,21H,5,9,12-17,19H2,1-4H3,(H,37,38). The average molecular weight is 583 g/mol. The molecular weight excluding hydrogens is 544 g/mol. The highest BCUT2D eigenvalue weighted by Gasteiger charge is 2.55. The van der Waals surface area contributed by atoms with Gasteiger partial charge in [0, 0.05) is 42.6 Å². The fraction of sp³-hybridized carbons (Fsp3) is 0.533. The summed E-state index contributed by atoms with van der Waals surface area (Å²) in [5.41, 5.74) is -0.528. The van der Waals surface area contributed by atoms with Gasteiger partial charge in [-0.15, -0.1) is 11.3 Å². The van der Waals surface area contributed by atoms with E-state index in [1.807, 2.05) is 57.2 Å². The number of benzene rings is 1. The van der Waals surface area contributed by atoms with E-state index in [4.69, 9.17) is 4.74 Å². The predicted molar refractivity (Wildman–Crippen MR) is 156 cm³/mol. The lowest BCUT2D eigenvalue weighted by molar-refractivity contribution is -0.142. The van der Waals surface area contributed by atoms with Crippen LogP contribution < -0.4 is 4.90 Å². The van der Waals surface area contributed by atoms with Crippen LogP contribution in [0.15, 0.2) is 36.4 Å². The summed E-state index contributed by atoms with van der Waals surface area (Å²) >= 11 is 1.32. The Morgan fingerprint density at radius 2 is 1.80 bits per heavy atom. The molecule has 0 saturated carbocycles. The van der Waals surface area contributed by atoms with Gasteiger partial charge in [-0.05, 0) is 71.6 Å². The number of carbonyl (C=O) groups is 4. The maximum atomic E-state index is 13.9. The molecule has 5 rings (SSSR count). The Morgan fingerprint density at radius 1 is 1.12 bits per heavy atom. The Morgan fingerprint density at radius 3 is 2.39 bits per heavy atom. The van der Waals surface area contributed by atoms with Crippen molar-refractivity contribution < 1.29 is 29.0 Å². The van der Waals surface area contributed by atoms with Crippen LogP contribution in [0.3, 0.4) is 0 Å². The van der Waals surface area contributed by atoms with Gasteiger partial charge in [0.2, 0.25) is 5.60 Å². The zero-order valence-corrected chi connectivity index (χ0v) is 24.9. The first-order valence-electron chi connectivity index (χ1n) is 14.3. The first kappa shape index (κ1) is 29.1. The monoisotopic (exact) mass is 582 g/mol. The van der Waals surface area contributed by atoms with Crippen LogP contribution in [0.4, 0.5) is 14.6 Å². The number of carboxylic acid groups (broad SMARTS) is 1. The summed E-state index contributed by atoms with van der Waals surface area (Å²) < 4.78 is 5.64. The SMILES string of the molecule is CCN1C(=O)OC2(CCCN(C3CCN(C(=O)c4cc(-c5ccccc5)sc4N(C(=O)O)C(C)(C)C)CC3)C2)C1=O. The molecule has 0 bridgehead atoms. The number of hydrogen-bond acceptors (Lipinski definition) is 7. The van der Waals surface area contributed by atoms with Gasteiger partial charge in [-0.25, -0.2) is 14.5 Å². The molecule has 1 spiro atoms. The normalized spacial score (nSPS) is 22.3. The van der Waals surface area contributed by atoms with Crippen LogP contribution in [0, 0.1) is 0 Å². The van der Waals surface area contributed by atoms with Crippen LogP contribution in [0.5, 0.6) is 0 Å². The number of likely N-dealkylation sites (N-methyl/N-ethyl adjacent to an activating group) is 1. The zero-order valence-electron chi connectivity index (χ0n) is 24.1. The summed E-state index contributed by atoms with van der Waals surface area (Å²) in [4.78, 5) is 59.0. The second-order valence-corrected chi connectivity index (χ2v) is 13.0.